The highest BCUT2D eigenvalue weighted by Crippen LogP contribution is 2.34. The molecule has 26 heavy (non-hydrogen) atoms. The van der Waals surface area contributed by atoms with Gasteiger partial charge in [-0.1, -0.05) is 17.3 Å². The Labute approximate surface area is 150 Å². The fourth-order valence-electron chi connectivity index (χ4n) is 2.99. The lowest BCUT2D eigenvalue weighted by atomic mass is 10.1. The van der Waals surface area contributed by atoms with Gasteiger partial charge in [-0.05, 0) is 43.3 Å². The third-order valence-corrected chi connectivity index (χ3v) is 4.27. The van der Waals surface area contributed by atoms with Gasteiger partial charge < -0.3 is 14.0 Å². The van der Waals surface area contributed by atoms with Gasteiger partial charge in [-0.15, -0.1) is 0 Å². The van der Waals surface area contributed by atoms with E-state index in [1.807, 2.05) is 55.5 Å². The molecule has 1 aromatic heterocycles. The van der Waals surface area contributed by atoms with Crippen molar-refractivity contribution in [1.82, 2.24) is 5.16 Å². The largest absolute Gasteiger partial charge is 0.497 e. The normalized spacial score (nSPS) is 15.9. The molecule has 0 spiro atoms. The fourth-order valence-corrected chi connectivity index (χ4v) is 2.99. The summed E-state index contributed by atoms with van der Waals surface area (Å²) >= 11 is 0. The van der Waals surface area contributed by atoms with Crippen LogP contribution in [-0.2, 0) is 0 Å². The SMILES string of the molecule is COc1ccc(-c2cc(C(=O)N3CC(C)Oc4ccccc43)no2)cc1. The van der Waals surface area contributed by atoms with E-state index < -0.39 is 0 Å². The molecule has 0 aliphatic carbocycles. The maximum atomic E-state index is 13.0. The summed E-state index contributed by atoms with van der Waals surface area (Å²) in [6.45, 7) is 2.39. The summed E-state index contributed by atoms with van der Waals surface area (Å²) in [4.78, 5) is 14.7. The molecular weight excluding hydrogens is 332 g/mol. The molecule has 3 aromatic rings. The maximum absolute atomic E-state index is 13.0. The molecule has 0 N–H and O–H groups in total. The summed E-state index contributed by atoms with van der Waals surface area (Å²) in [5.74, 6) is 1.77. The first-order chi connectivity index (χ1) is 12.7. The summed E-state index contributed by atoms with van der Waals surface area (Å²) in [5, 5.41) is 3.97. The Bertz CT molecular complexity index is 933. The number of rotatable bonds is 3. The minimum Gasteiger partial charge on any atom is -0.497 e. The Morgan fingerprint density at radius 1 is 1.19 bits per heavy atom. The Balaban J connectivity index is 1.62. The Morgan fingerprint density at radius 2 is 1.96 bits per heavy atom. The number of carbonyl (C=O) groups excluding carboxylic acids is 1. The quantitative estimate of drug-likeness (QED) is 0.719. The molecular formula is C20H18N2O4. The minimum atomic E-state index is -0.212. The van der Waals surface area contributed by atoms with Crippen LogP contribution in [0.3, 0.4) is 0 Å². The van der Waals surface area contributed by atoms with Crippen LogP contribution in [0.1, 0.15) is 17.4 Å². The summed E-state index contributed by atoms with van der Waals surface area (Å²) in [6.07, 6.45) is -0.0955. The number of anilines is 1. The van der Waals surface area contributed by atoms with E-state index in [2.05, 4.69) is 5.16 Å². The summed E-state index contributed by atoms with van der Waals surface area (Å²) in [7, 11) is 1.61. The second kappa shape index (κ2) is 6.55. The zero-order chi connectivity index (χ0) is 18.1. The van der Waals surface area contributed by atoms with Crippen molar-refractivity contribution < 1.29 is 18.8 Å². The van der Waals surface area contributed by atoms with Gasteiger partial charge in [0, 0.05) is 11.6 Å². The van der Waals surface area contributed by atoms with Gasteiger partial charge in [-0.25, -0.2) is 0 Å². The molecule has 2 aromatic carbocycles. The summed E-state index contributed by atoms with van der Waals surface area (Å²) < 4.78 is 16.3. The van der Waals surface area contributed by atoms with E-state index in [-0.39, 0.29) is 17.7 Å². The zero-order valence-corrected chi connectivity index (χ0v) is 14.5. The van der Waals surface area contributed by atoms with Crippen molar-refractivity contribution >= 4 is 11.6 Å². The van der Waals surface area contributed by atoms with Gasteiger partial charge in [0.05, 0.1) is 19.3 Å². The lowest BCUT2D eigenvalue weighted by Crippen LogP contribution is -2.42. The van der Waals surface area contributed by atoms with Crippen molar-refractivity contribution in [2.45, 2.75) is 13.0 Å². The number of carbonyl (C=O) groups is 1. The third-order valence-electron chi connectivity index (χ3n) is 4.27. The number of fused-ring (bicyclic) bond motifs is 1. The molecule has 0 bridgehead atoms. The summed E-state index contributed by atoms with van der Waals surface area (Å²) in [5.41, 5.74) is 1.83. The van der Waals surface area contributed by atoms with Crippen LogP contribution >= 0.6 is 0 Å². The number of aromatic nitrogens is 1. The molecule has 132 valence electrons. The number of amides is 1. The van der Waals surface area contributed by atoms with Gasteiger partial charge in [-0.3, -0.25) is 9.69 Å². The Hall–Kier alpha value is -3.28. The average molecular weight is 350 g/mol. The Morgan fingerprint density at radius 3 is 2.73 bits per heavy atom. The highest BCUT2D eigenvalue weighted by molar-refractivity contribution is 6.06. The number of methoxy groups -OCH3 is 1. The van der Waals surface area contributed by atoms with E-state index in [1.54, 1.807) is 18.1 Å². The lowest BCUT2D eigenvalue weighted by molar-refractivity contribution is 0.0952. The van der Waals surface area contributed by atoms with Crippen LogP contribution in [-0.4, -0.2) is 30.8 Å². The second-order valence-electron chi connectivity index (χ2n) is 6.12. The number of ether oxygens (including phenoxy) is 2. The van der Waals surface area contributed by atoms with E-state index in [0.29, 0.717) is 18.1 Å². The first-order valence-corrected chi connectivity index (χ1v) is 8.34. The number of nitrogens with zero attached hydrogens (tertiary/aromatic N) is 2. The van der Waals surface area contributed by atoms with Crippen LogP contribution in [0.15, 0.2) is 59.1 Å². The molecule has 1 aliphatic heterocycles. The molecule has 1 unspecified atom stereocenters. The smallest absolute Gasteiger partial charge is 0.280 e. The number of hydrogen-bond acceptors (Lipinski definition) is 5. The summed E-state index contributed by atoms with van der Waals surface area (Å²) in [6, 6.07) is 16.5. The van der Waals surface area contributed by atoms with Crippen LogP contribution in [0.4, 0.5) is 5.69 Å². The van der Waals surface area contributed by atoms with Gasteiger partial charge in [0.2, 0.25) is 0 Å². The number of benzene rings is 2. The van der Waals surface area contributed by atoms with Crippen LogP contribution in [0.25, 0.3) is 11.3 Å². The highest BCUT2D eigenvalue weighted by atomic mass is 16.5. The number of hydrogen-bond donors (Lipinski definition) is 0. The lowest BCUT2D eigenvalue weighted by Gasteiger charge is -2.32. The van der Waals surface area contributed by atoms with E-state index in [9.17, 15) is 4.79 Å². The fraction of sp³-hybridized carbons (Fsp3) is 0.200. The predicted octanol–water partition coefficient (Wildman–Crippen LogP) is 3.78. The zero-order valence-electron chi connectivity index (χ0n) is 14.5. The number of para-hydroxylation sites is 2. The Kier molecular flexibility index (Phi) is 4.08. The molecule has 1 aliphatic rings. The predicted molar refractivity (Wildman–Crippen MR) is 96.7 cm³/mol. The third kappa shape index (κ3) is 2.90. The van der Waals surface area contributed by atoms with Crippen molar-refractivity contribution in [1.29, 1.82) is 0 Å². The minimum absolute atomic E-state index is 0.0955. The monoisotopic (exact) mass is 350 g/mol. The van der Waals surface area contributed by atoms with Crippen LogP contribution < -0.4 is 14.4 Å². The van der Waals surface area contributed by atoms with Gasteiger partial charge in [0.15, 0.2) is 11.5 Å². The molecule has 0 fully saturated rings. The highest BCUT2D eigenvalue weighted by Gasteiger charge is 2.29. The van der Waals surface area contributed by atoms with Crippen molar-refractivity contribution in [3.8, 4) is 22.8 Å². The van der Waals surface area contributed by atoms with Crippen LogP contribution in [0.5, 0.6) is 11.5 Å². The first-order valence-electron chi connectivity index (χ1n) is 8.34. The van der Waals surface area contributed by atoms with E-state index >= 15 is 0 Å². The van der Waals surface area contributed by atoms with E-state index in [4.69, 9.17) is 14.0 Å². The van der Waals surface area contributed by atoms with Crippen molar-refractivity contribution in [3.63, 3.8) is 0 Å². The van der Waals surface area contributed by atoms with Crippen molar-refractivity contribution in [2.75, 3.05) is 18.6 Å². The molecule has 6 heteroatoms. The second-order valence-corrected chi connectivity index (χ2v) is 6.12. The molecule has 1 atom stereocenters. The molecule has 0 radical (unpaired) electrons. The molecule has 0 saturated heterocycles. The molecule has 2 heterocycles. The van der Waals surface area contributed by atoms with E-state index in [0.717, 1.165) is 17.0 Å². The molecule has 4 rings (SSSR count). The van der Waals surface area contributed by atoms with Gasteiger partial charge in [0.1, 0.15) is 17.6 Å². The molecule has 1 amide bonds. The van der Waals surface area contributed by atoms with Crippen LogP contribution in [0, 0.1) is 0 Å². The topological polar surface area (TPSA) is 64.8 Å². The first kappa shape index (κ1) is 16.2. The van der Waals surface area contributed by atoms with Gasteiger partial charge >= 0.3 is 0 Å². The van der Waals surface area contributed by atoms with Crippen molar-refractivity contribution in [2.24, 2.45) is 0 Å². The average Bonchev–Trinajstić information content (AvgIpc) is 3.17. The standard InChI is InChI=1S/C20H18N2O4/c1-13-12-22(17-5-3-4-6-18(17)25-13)20(23)16-11-19(26-21-16)14-7-9-15(24-2)10-8-14/h3-11,13H,12H2,1-2H3. The molecule has 0 saturated carbocycles. The van der Waals surface area contributed by atoms with Crippen molar-refractivity contribution in [3.05, 3.63) is 60.3 Å². The molecule has 6 nitrogen and oxygen atoms in total. The van der Waals surface area contributed by atoms with E-state index in [1.165, 1.54) is 0 Å². The van der Waals surface area contributed by atoms with Gasteiger partial charge in [0.25, 0.3) is 5.91 Å². The maximum Gasteiger partial charge on any atom is 0.280 e. The van der Waals surface area contributed by atoms with Gasteiger partial charge in [-0.2, -0.15) is 0 Å². The van der Waals surface area contributed by atoms with Crippen LogP contribution in [0.2, 0.25) is 0 Å².